The number of amides is 2. The first-order valence-corrected chi connectivity index (χ1v) is 7.43. The van der Waals surface area contributed by atoms with Gasteiger partial charge < -0.3 is 10.8 Å². The lowest BCUT2D eigenvalue weighted by Gasteiger charge is -2.19. The summed E-state index contributed by atoms with van der Waals surface area (Å²) in [5.74, 6) is 0. The van der Waals surface area contributed by atoms with Crippen molar-refractivity contribution >= 4 is 33.1 Å². The Balaban J connectivity index is 2.59. The molecule has 0 bridgehead atoms. The Labute approximate surface area is 113 Å². The van der Waals surface area contributed by atoms with Gasteiger partial charge >= 0.3 is 6.03 Å². The summed E-state index contributed by atoms with van der Waals surface area (Å²) >= 11 is 0.853. The van der Waals surface area contributed by atoms with E-state index in [0.29, 0.717) is 4.31 Å². The van der Waals surface area contributed by atoms with Gasteiger partial charge in [-0.25, -0.2) is 13.2 Å². The van der Waals surface area contributed by atoms with Crippen molar-refractivity contribution in [2.24, 2.45) is 5.73 Å². The number of sulfonamides is 1. The molecule has 2 aromatic rings. The molecule has 0 saturated carbocycles. The zero-order valence-corrected chi connectivity index (χ0v) is 11.2. The summed E-state index contributed by atoms with van der Waals surface area (Å²) in [6.07, 6.45) is 0. The number of hydrogen-bond acceptors (Lipinski definition) is 5. The second-order valence-corrected chi connectivity index (χ2v) is 6.18. The van der Waals surface area contributed by atoms with Crippen molar-refractivity contribution in [3.8, 4) is 5.06 Å². The van der Waals surface area contributed by atoms with Crippen LogP contribution >= 0.6 is 11.3 Å². The van der Waals surface area contributed by atoms with Crippen LogP contribution < -0.4 is 10.0 Å². The number of thiophene rings is 1. The Bertz CT molecular complexity index is 694. The number of carbonyl (C=O) groups excluding carboxylic acids is 1. The van der Waals surface area contributed by atoms with E-state index >= 15 is 0 Å². The average molecular weight is 298 g/mol. The molecule has 0 radical (unpaired) electrons. The normalized spacial score (nSPS) is 11.2. The number of aromatic hydroxyl groups is 1. The highest BCUT2D eigenvalue weighted by atomic mass is 32.2. The van der Waals surface area contributed by atoms with Crippen molar-refractivity contribution in [2.75, 3.05) is 4.31 Å². The van der Waals surface area contributed by atoms with Crippen LogP contribution in [0.2, 0.25) is 0 Å². The van der Waals surface area contributed by atoms with Crippen LogP contribution in [0.4, 0.5) is 10.5 Å². The molecule has 0 saturated heterocycles. The van der Waals surface area contributed by atoms with Gasteiger partial charge in [0.1, 0.15) is 4.90 Å². The number of anilines is 1. The lowest BCUT2D eigenvalue weighted by atomic mass is 10.3. The van der Waals surface area contributed by atoms with Crippen LogP contribution in [-0.4, -0.2) is 19.6 Å². The van der Waals surface area contributed by atoms with E-state index in [9.17, 15) is 18.3 Å². The quantitative estimate of drug-likeness (QED) is 0.901. The lowest BCUT2D eigenvalue weighted by molar-refractivity contribution is 0.257. The lowest BCUT2D eigenvalue weighted by Crippen LogP contribution is -2.40. The van der Waals surface area contributed by atoms with E-state index in [0.717, 1.165) is 11.3 Å². The summed E-state index contributed by atoms with van der Waals surface area (Å²) in [5, 5.41) is 10.5. The van der Waals surface area contributed by atoms with Gasteiger partial charge in [-0.05, 0) is 23.6 Å². The molecule has 0 aliphatic rings. The molecule has 0 unspecified atom stereocenters. The first-order chi connectivity index (χ1) is 8.94. The molecule has 0 fully saturated rings. The van der Waals surface area contributed by atoms with Crippen LogP contribution in [0.25, 0.3) is 0 Å². The Kier molecular flexibility index (Phi) is 3.45. The van der Waals surface area contributed by atoms with Crippen molar-refractivity contribution in [3.05, 3.63) is 41.8 Å². The zero-order valence-electron chi connectivity index (χ0n) is 9.55. The molecule has 0 atom stereocenters. The molecule has 6 nitrogen and oxygen atoms in total. The number of rotatable bonds is 3. The van der Waals surface area contributed by atoms with Crippen molar-refractivity contribution in [1.82, 2.24) is 0 Å². The predicted octanol–water partition coefficient (Wildman–Crippen LogP) is 1.73. The third kappa shape index (κ3) is 2.40. The van der Waals surface area contributed by atoms with Crippen LogP contribution in [0.1, 0.15) is 0 Å². The van der Waals surface area contributed by atoms with Crippen molar-refractivity contribution in [3.63, 3.8) is 0 Å². The van der Waals surface area contributed by atoms with Gasteiger partial charge in [0.15, 0.2) is 5.06 Å². The fourth-order valence-corrected chi connectivity index (χ4v) is 3.89. The van der Waals surface area contributed by atoms with Gasteiger partial charge in [-0.2, -0.15) is 4.31 Å². The van der Waals surface area contributed by atoms with E-state index < -0.39 is 16.1 Å². The van der Waals surface area contributed by atoms with Crippen LogP contribution in [-0.2, 0) is 10.0 Å². The number of primary amides is 1. The average Bonchev–Trinajstić information content (AvgIpc) is 2.77. The molecule has 2 rings (SSSR count). The van der Waals surface area contributed by atoms with Crippen LogP contribution in [0.3, 0.4) is 0 Å². The molecule has 1 heterocycles. The van der Waals surface area contributed by atoms with E-state index in [-0.39, 0.29) is 15.6 Å². The Morgan fingerprint density at radius 3 is 2.32 bits per heavy atom. The fourth-order valence-electron chi connectivity index (χ4n) is 1.53. The monoisotopic (exact) mass is 298 g/mol. The highest BCUT2D eigenvalue weighted by Crippen LogP contribution is 2.33. The van der Waals surface area contributed by atoms with E-state index in [1.54, 1.807) is 18.2 Å². The van der Waals surface area contributed by atoms with Crippen molar-refractivity contribution in [2.45, 2.75) is 4.90 Å². The third-order valence-electron chi connectivity index (χ3n) is 2.32. The smallest absolute Gasteiger partial charge is 0.333 e. The summed E-state index contributed by atoms with van der Waals surface area (Å²) < 4.78 is 25.1. The molecule has 0 spiro atoms. The number of carbonyl (C=O) groups is 1. The molecular formula is C11H10N2O4S2. The minimum absolute atomic E-state index is 0.112. The zero-order chi connectivity index (χ0) is 14.0. The highest BCUT2D eigenvalue weighted by molar-refractivity contribution is 7.93. The van der Waals surface area contributed by atoms with Crippen molar-refractivity contribution < 1.29 is 18.3 Å². The minimum atomic E-state index is -4.22. The van der Waals surface area contributed by atoms with Gasteiger partial charge in [-0.15, -0.1) is 11.3 Å². The maximum absolute atomic E-state index is 12.3. The molecule has 100 valence electrons. The summed E-state index contributed by atoms with van der Waals surface area (Å²) in [7, 11) is -4.22. The molecule has 8 heteroatoms. The third-order valence-corrected chi connectivity index (χ3v) is 4.92. The van der Waals surface area contributed by atoms with E-state index in [4.69, 9.17) is 5.73 Å². The summed E-state index contributed by atoms with van der Waals surface area (Å²) in [4.78, 5) is 11.1. The van der Waals surface area contributed by atoms with Crippen LogP contribution in [0.15, 0.2) is 46.7 Å². The molecule has 19 heavy (non-hydrogen) atoms. The number of para-hydroxylation sites is 1. The fraction of sp³-hybridized carbons (Fsp3) is 0. The Morgan fingerprint density at radius 2 is 1.84 bits per heavy atom. The number of benzene rings is 1. The van der Waals surface area contributed by atoms with Gasteiger partial charge in [0, 0.05) is 0 Å². The summed E-state index contributed by atoms with van der Waals surface area (Å²) in [6, 6.07) is 7.78. The van der Waals surface area contributed by atoms with Gasteiger partial charge in [-0.1, -0.05) is 18.2 Å². The summed E-state index contributed by atoms with van der Waals surface area (Å²) in [6.45, 7) is 0. The van der Waals surface area contributed by atoms with Gasteiger partial charge in [0.05, 0.1) is 5.69 Å². The second-order valence-electron chi connectivity index (χ2n) is 3.53. The number of hydrogen-bond donors (Lipinski definition) is 2. The van der Waals surface area contributed by atoms with E-state index in [2.05, 4.69) is 0 Å². The second kappa shape index (κ2) is 4.90. The SMILES string of the molecule is NC(=O)N(c1ccccc1)S(=O)(=O)c1ccsc1O. The topological polar surface area (TPSA) is 101 Å². The van der Waals surface area contributed by atoms with Crippen molar-refractivity contribution in [1.29, 1.82) is 0 Å². The Morgan fingerprint density at radius 1 is 1.21 bits per heavy atom. The largest absolute Gasteiger partial charge is 0.499 e. The molecule has 1 aromatic carbocycles. The minimum Gasteiger partial charge on any atom is -0.499 e. The molecule has 3 N–H and O–H groups in total. The van der Waals surface area contributed by atoms with Gasteiger partial charge in [0.2, 0.25) is 0 Å². The number of urea groups is 1. The predicted molar refractivity (Wildman–Crippen MR) is 71.7 cm³/mol. The molecule has 0 aliphatic heterocycles. The van der Waals surface area contributed by atoms with Crippen LogP contribution in [0.5, 0.6) is 5.06 Å². The number of nitrogens with zero attached hydrogens (tertiary/aromatic N) is 1. The van der Waals surface area contributed by atoms with Gasteiger partial charge in [-0.3, -0.25) is 0 Å². The van der Waals surface area contributed by atoms with E-state index in [1.165, 1.54) is 23.6 Å². The summed E-state index contributed by atoms with van der Waals surface area (Å²) in [5.41, 5.74) is 5.25. The molecule has 2 amide bonds. The van der Waals surface area contributed by atoms with E-state index in [1.807, 2.05) is 0 Å². The molecular weight excluding hydrogens is 288 g/mol. The van der Waals surface area contributed by atoms with Crippen LogP contribution in [0, 0.1) is 0 Å². The number of nitrogens with two attached hydrogens (primary N) is 1. The maximum atomic E-state index is 12.3. The maximum Gasteiger partial charge on any atom is 0.333 e. The first kappa shape index (κ1) is 13.4. The standard InChI is InChI=1S/C11H10N2O4S2/c12-11(15)13(8-4-2-1-3-5-8)19(16,17)9-6-7-18-10(9)14/h1-7,14H,(H2,12,15). The molecule has 1 aromatic heterocycles. The Hall–Kier alpha value is -2.06. The first-order valence-electron chi connectivity index (χ1n) is 5.11. The molecule has 0 aliphatic carbocycles. The van der Waals surface area contributed by atoms with Gasteiger partial charge in [0.25, 0.3) is 10.0 Å². The highest BCUT2D eigenvalue weighted by Gasteiger charge is 2.32.